The Morgan fingerprint density at radius 1 is 1.03 bits per heavy atom. The molecule has 1 atom stereocenters. The molecule has 1 amide bonds. The van der Waals surface area contributed by atoms with Crippen LogP contribution in [0.5, 0.6) is 11.5 Å². The van der Waals surface area contributed by atoms with Crippen LogP contribution in [0.4, 0.5) is 0 Å². The number of sulfonamides is 1. The highest BCUT2D eigenvalue weighted by molar-refractivity contribution is 7.89. The molecule has 1 unspecified atom stereocenters. The second kappa shape index (κ2) is 8.65. The van der Waals surface area contributed by atoms with Crippen molar-refractivity contribution in [3.63, 3.8) is 0 Å². The Morgan fingerprint density at radius 2 is 1.70 bits per heavy atom. The maximum atomic E-state index is 13.1. The standard InChI is InChI=1S/C22H28N2O5S/c1-14(2)21(16-7-9-19-20(12-16)29-11-10-28-19)23-22(25)18-13-17(8-6-15(18)3)30(26,27)24(4)5/h6-9,12-14,21H,10-11H2,1-5H3,(H,23,25). The van der Waals surface area contributed by atoms with Gasteiger partial charge < -0.3 is 14.8 Å². The molecule has 0 aliphatic carbocycles. The van der Waals surface area contributed by atoms with Crippen LogP contribution in [0, 0.1) is 12.8 Å². The number of nitrogens with zero attached hydrogens (tertiary/aromatic N) is 1. The van der Waals surface area contributed by atoms with Crippen molar-refractivity contribution in [3.05, 3.63) is 53.1 Å². The molecule has 162 valence electrons. The average molecular weight is 433 g/mol. The Balaban J connectivity index is 1.91. The third-order valence-corrected chi connectivity index (χ3v) is 6.92. The lowest BCUT2D eigenvalue weighted by Crippen LogP contribution is -2.32. The van der Waals surface area contributed by atoms with Crippen LogP contribution >= 0.6 is 0 Å². The Morgan fingerprint density at radius 3 is 2.33 bits per heavy atom. The topological polar surface area (TPSA) is 84.9 Å². The molecule has 0 bridgehead atoms. The van der Waals surface area contributed by atoms with Gasteiger partial charge in [0.05, 0.1) is 10.9 Å². The van der Waals surface area contributed by atoms with Crippen LogP contribution in [0.2, 0.25) is 0 Å². The van der Waals surface area contributed by atoms with Gasteiger partial charge in [0.2, 0.25) is 10.0 Å². The lowest BCUT2D eigenvalue weighted by atomic mass is 9.95. The predicted molar refractivity (Wildman–Crippen MR) is 115 cm³/mol. The summed E-state index contributed by atoms with van der Waals surface area (Å²) in [6.07, 6.45) is 0. The molecule has 7 nitrogen and oxygen atoms in total. The summed E-state index contributed by atoms with van der Waals surface area (Å²) in [6.45, 7) is 6.82. The van der Waals surface area contributed by atoms with Crippen molar-refractivity contribution in [2.75, 3.05) is 27.3 Å². The molecule has 0 spiro atoms. The quantitative estimate of drug-likeness (QED) is 0.758. The lowest BCUT2D eigenvalue weighted by Gasteiger charge is -2.26. The maximum absolute atomic E-state index is 13.1. The van der Waals surface area contributed by atoms with Crippen LogP contribution in [-0.4, -0.2) is 45.9 Å². The number of hydrogen-bond acceptors (Lipinski definition) is 5. The molecule has 0 saturated carbocycles. The van der Waals surface area contributed by atoms with E-state index in [9.17, 15) is 13.2 Å². The van der Waals surface area contributed by atoms with Crippen molar-refractivity contribution in [1.29, 1.82) is 0 Å². The Hall–Kier alpha value is -2.58. The van der Waals surface area contributed by atoms with Crippen LogP contribution in [0.25, 0.3) is 0 Å². The summed E-state index contributed by atoms with van der Waals surface area (Å²) in [6, 6.07) is 9.98. The van der Waals surface area contributed by atoms with Gasteiger partial charge in [0.25, 0.3) is 5.91 Å². The highest BCUT2D eigenvalue weighted by Gasteiger charge is 2.24. The van der Waals surface area contributed by atoms with Crippen LogP contribution in [0.3, 0.4) is 0 Å². The van der Waals surface area contributed by atoms with Gasteiger partial charge in [-0.1, -0.05) is 26.0 Å². The Labute approximate surface area is 178 Å². The fourth-order valence-corrected chi connectivity index (χ4v) is 4.25. The highest BCUT2D eigenvalue weighted by atomic mass is 32.2. The molecular formula is C22H28N2O5S. The first kappa shape index (κ1) is 22.1. The largest absolute Gasteiger partial charge is 0.486 e. The summed E-state index contributed by atoms with van der Waals surface area (Å²) >= 11 is 0. The number of amides is 1. The van der Waals surface area contributed by atoms with E-state index in [0.717, 1.165) is 9.87 Å². The number of ether oxygens (including phenoxy) is 2. The number of aryl methyl sites for hydroxylation is 1. The van der Waals surface area contributed by atoms with Gasteiger partial charge in [-0.3, -0.25) is 4.79 Å². The van der Waals surface area contributed by atoms with Gasteiger partial charge in [-0.05, 0) is 48.2 Å². The summed E-state index contributed by atoms with van der Waals surface area (Å²) in [5.74, 6) is 1.13. The smallest absolute Gasteiger partial charge is 0.252 e. The van der Waals surface area contributed by atoms with E-state index in [1.165, 1.54) is 26.2 Å². The summed E-state index contributed by atoms with van der Waals surface area (Å²) < 4.78 is 37.3. The van der Waals surface area contributed by atoms with Gasteiger partial charge >= 0.3 is 0 Å². The van der Waals surface area contributed by atoms with Crippen LogP contribution < -0.4 is 14.8 Å². The van der Waals surface area contributed by atoms with Crippen LogP contribution in [0.15, 0.2) is 41.3 Å². The zero-order valence-electron chi connectivity index (χ0n) is 17.9. The normalized spacial score (nSPS) is 14.6. The fraction of sp³-hybridized carbons (Fsp3) is 0.409. The molecule has 1 aliphatic rings. The number of carbonyl (C=O) groups is 1. The fourth-order valence-electron chi connectivity index (χ4n) is 3.32. The molecule has 0 saturated heterocycles. The lowest BCUT2D eigenvalue weighted by molar-refractivity contribution is 0.0924. The van der Waals surface area contributed by atoms with E-state index in [4.69, 9.17) is 9.47 Å². The summed E-state index contributed by atoms with van der Waals surface area (Å²) in [5, 5.41) is 3.06. The first-order chi connectivity index (χ1) is 14.1. The maximum Gasteiger partial charge on any atom is 0.252 e. The molecule has 8 heteroatoms. The van der Waals surface area contributed by atoms with Crippen molar-refractivity contribution in [1.82, 2.24) is 9.62 Å². The van der Waals surface area contributed by atoms with Crippen molar-refractivity contribution in [2.24, 2.45) is 5.92 Å². The van der Waals surface area contributed by atoms with Gasteiger partial charge in [-0.15, -0.1) is 0 Å². The SMILES string of the molecule is Cc1ccc(S(=O)(=O)N(C)C)cc1C(=O)NC(c1ccc2c(c1)OCCO2)C(C)C. The summed E-state index contributed by atoms with van der Waals surface area (Å²) in [5.41, 5.74) is 1.94. The number of rotatable bonds is 6. The van der Waals surface area contributed by atoms with E-state index in [2.05, 4.69) is 5.32 Å². The van der Waals surface area contributed by atoms with E-state index in [-0.39, 0.29) is 22.8 Å². The molecule has 0 fully saturated rings. The minimum atomic E-state index is -3.63. The van der Waals surface area contributed by atoms with E-state index in [0.29, 0.717) is 35.8 Å². The van der Waals surface area contributed by atoms with E-state index in [1.807, 2.05) is 32.0 Å². The van der Waals surface area contributed by atoms with Crippen molar-refractivity contribution >= 4 is 15.9 Å². The Bertz CT molecular complexity index is 1050. The van der Waals surface area contributed by atoms with Crippen molar-refractivity contribution < 1.29 is 22.7 Å². The first-order valence-electron chi connectivity index (χ1n) is 9.85. The molecular weight excluding hydrogens is 404 g/mol. The molecule has 1 heterocycles. The first-order valence-corrected chi connectivity index (χ1v) is 11.3. The number of fused-ring (bicyclic) bond motifs is 1. The van der Waals surface area contributed by atoms with Crippen molar-refractivity contribution in [2.45, 2.75) is 31.7 Å². The third-order valence-electron chi connectivity index (χ3n) is 5.11. The number of nitrogens with one attached hydrogen (secondary N) is 1. The molecule has 30 heavy (non-hydrogen) atoms. The van der Waals surface area contributed by atoms with E-state index < -0.39 is 10.0 Å². The molecule has 0 aromatic heterocycles. The van der Waals surface area contributed by atoms with Gasteiger partial charge in [0, 0.05) is 19.7 Å². The predicted octanol–water partition coefficient (Wildman–Crippen LogP) is 3.14. The zero-order chi connectivity index (χ0) is 22.1. The summed E-state index contributed by atoms with van der Waals surface area (Å²) in [7, 11) is -0.706. The summed E-state index contributed by atoms with van der Waals surface area (Å²) in [4.78, 5) is 13.2. The Kier molecular flexibility index (Phi) is 6.38. The second-order valence-electron chi connectivity index (χ2n) is 7.86. The molecule has 3 rings (SSSR count). The monoisotopic (exact) mass is 432 g/mol. The van der Waals surface area contributed by atoms with E-state index in [1.54, 1.807) is 13.0 Å². The van der Waals surface area contributed by atoms with Gasteiger partial charge in [-0.25, -0.2) is 12.7 Å². The second-order valence-corrected chi connectivity index (χ2v) is 10.0. The molecule has 2 aromatic rings. The molecule has 1 N–H and O–H groups in total. The van der Waals surface area contributed by atoms with Gasteiger partial charge in [-0.2, -0.15) is 0 Å². The van der Waals surface area contributed by atoms with Crippen molar-refractivity contribution in [3.8, 4) is 11.5 Å². The number of carbonyl (C=O) groups excluding carboxylic acids is 1. The minimum absolute atomic E-state index is 0.0867. The van der Waals surface area contributed by atoms with Gasteiger partial charge in [0.15, 0.2) is 11.5 Å². The zero-order valence-corrected chi connectivity index (χ0v) is 18.7. The number of hydrogen-bond donors (Lipinski definition) is 1. The van der Waals surface area contributed by atoms with Crippen LogP contribution in [0.1, 0.15) is 41.4 Å². The third kappa shape index (κ3) is 4.44. The minimum Gasteiger partial charge on any atom is -0.486 e. The number of benzene rings is 2. The average Bonchev–Trinajstić information content (AvgIpc) is 2.71. The molecule has 1 aliphatic heterocycles. The highest BCUT2D eigenvalue weighted by Crippen LogP contribution is 2.34. The van der Waals surface area contributed by atoms with E-state index >= 15 is 0 Å². The molecule has 0 radical (unpaired) electrons. The molecule has 2 aromatic carbocycles. The van der Waals surface area contributed by atoms with Gasteiger partial charge in [0.1, 0.15) is 13.2 Å². The van der Waals surface area contributed by atoms with Crippen LogP contribution in [-0.2, 0) is 10.0 Å².